The monoisotopic (exact) mass is 301 g/mol. The Morgan fingerprint density at radius 2 is 1.95 bits per heavy atom. The van der Waals surface area contributed by atoms with Crippen molar-refractivity contribution >= 4 is 9.84 Å². The highest BCUT2D eigenvalue weighted by Gasteiger charge is 2.16. The van der Waals surface area contributed by atoms with Gasteiger partial charge in [-0.3, -0.25) is 0 Å². The summed E-state index contributed by atoms with van der Waals surface area (Å²) in [5.41, 5.74) is 0.669. The summed E-state index contributed by atoms with van der Waals surface area (Å²) in [4.78, 5) is 0. The van der Waals surface area contributed by atoms with Crippen molar-refractivity contribution in [2.75, 3.05) is 24.6 Å². The van der Waals surface area contributed by atoms with Crippen LogP contribution in [0.4, 0.5) is 4.39 Å². The van der Waals surface area contributed by atoms with Crippen molar-refractivity contribution in [1.82, 2.24) is 5.32 Å². The lowest BCUT2D eigenvalue weighted by atomic mass is 9.94. The first kappa shape index (κ1) is 17.1. The molecule has 5 heteroatoms. The number of sulfone groups is 1. The molecule has 0 radical (unpaired) electrons. The number of hydrogen-bond donors (Lipinski definition) is 1. The highest BCUT2D eigenvalue weighted by Crippen LogP contribution is 2.23. The molecule has 0 saturated carbocycles. The molecule has 0 spiro atoms. The van der Waals surface area contributed by atoms with Gasteiger partial charge in [-0.2, -0.15) is 0 Å². The van der Waals surface area contributed by atoms with E-state index in [4.69, 9.17) is 0 Å². The number of benzene rings is 1. The molecule has 0 saturated heterocycles. The van der Waals surface area contributed by atoms with E-state index in [0.717, 1.165) is 6.54 Å². The minimum Gasteiger partial charge on any atom is -0.316 e. The molecule has 1 unspecified atom stereocenters. The Kier molecular flexibility index (Phi) is 7.16. The van der Waals surface area contributed by atoms with Crippen LogP contribution in [0.5, 0.6) is 0 Å². The van der Waals surface area contributed by atoms with Gasteiger partial charge in [-0.05, 0) is 36.9 Å². The van der Waals surface area contributed by atoms with Crippen LogP contribution in [0.3, 0.4) is 0 Å². The summed E-state index contributed by atoms with van der Waals surface area (Å²) in [5, 5.41) is 3.22. The van der Waals surface area contributed by atoms with Crippen LogP contribution in [-0.2, 0) is 9.84 Å². The fourth-order valence-electron chi connectivity index (χ4n) is 2.19. The van der Waals surface area contributed by atoms with Gasteiger partial charge in [0.1, 0.15) is 15.7 Å². The van der Waals surface area contributed by atoms with E-state index in [0.29, 0.717) is 24.9 Å². The van der Waals surface area contributed by atoms with Crippen LogP contribution in [0.2, 0.25) is 0 Å². The lowest BCUT2D eigenvalue weighted by molar-refractivity contribution is 0.517. The first-order valence-electron chi connectivity index (χ1n) is 7.15. The van der Waals surface area contributed by atoms with Crippen molar-refractivity contribution in [3.05, 3.63) is 35.6 Å². The van der Waals surface area contributed by atoms with Gasteiger partial charge in [0.15, 0.2) is 0 Å². The molecule has 0 fully saturated rings. The number of rotatable bonds is 9. The van der Waals surface area contributed by atoms with Gasteiger partial charge < -0.3 is 5.32 Å². The molecule has 3 nitrogen and oxygen atoms in total. The van der Waals surface area contributed by atoms with E-state index in [1.165, 1.54) is 6.07 Å². The van der Waals surface area contributed by atoms with E-state index in [1.54, 1.807) is 19.1 Å². The van der Waals surface area contributed by atoms with Crippen LogP contribution in [0.25, 0.3) is 0 Å². The van der Waals surface area contributed by atoms with Gasteiger partial charge >= 0.3 is 0 Å². The Bertz CT molecular complexity index is 502. The van der Waals surface area contributed by atoms with Crippen molar-refractivity contribution in [3.63, 3.8) is 0 Å². The Balaban J connectivity index is 2.68. The number of halogens is 1. The van der Waals surface area contributed by atoms with Gasteiger partial charge in [0.25, 0.3) is 0 Å². The molecule has 0 aliphatic carbocycles. The molecule has 114 valence electrons. The zero-order chi connectivity index (χ0) is 15.0. The molecule has 0 aliphatic rings. The van der Waals surface area contributed by atoms with Crippen molar-refractivity contribution in [2.45, 2.75) is 32.6 Å². The van der Waals surface area contributed by atoms with E-state index in [-0.39, 0.29) is 23.2 Å². The summed E-state index contributed by atoms with van der Waals surface area (Å²) in [6.45, 7) is 5.14. The van der Waals surface area contributed by atoms with E-state index >= 15 is 0 Å². The van der Waals surface area contributed by atoms with E-state index in [1.807, 2.05) is 13.0 Å². The minimum atomic E-state index is -2.94. The summed E-state index contributed by atoms with van der Waals surface area (Å²) in [6, 6.07) is 6.73. The quantitative estimate of drug-likeness (QED) is 0.763. The summed E-state index contributed by atoms with van der Waals surface area (Å²) in [5.74, 6) is 0.155. The summed E-state index contributed by atoms with van der Waals surface area (Å²) < 4.78 is 36.9. The van der Waals surface area contributed by atoms with Crippen molar-refractivity contribution in [3.8, 4) is 0 Å². The predicted molar refractivity (Wildman–Crippen MR) is 81.2 cm³/mol. The molecule has 0 heterocycles. The molecule has 0 aliphatic heterocycles. The van der Waals surface area contributed by atoms with Gasteiger partial charge in [-0.1, -0.05) is 32.0 Å². The number of hydrogen-bond acceptors (Lipinski definition) is 3. The summed E-state index contributed by atoms with van der Waals surface area (Å²) >= 11 is 0. The average Bonchev–Trinajstić information content (AvgIpc) is 2.43. The van der Waals surface area contributed by atoms with Crippen LogP contribution in [-0.4, -0.2) is 33.0 Å². The lowest BCUT2D eigenvalue weighted by Gasteiger charge is -2.18. The molecule has 1 aromatic carbocycles. The number of likely N-dealkylation sites (N-methyl/N-ethyl adjacent to an activating group) is 1. The molecule has 0 aromatic heterocycles. The van der Waals surface area contributed by atoms with Gasteiger partial charge in [-0.25, -0.2) is 12.8 Å². The zero-order valence-corrected chi connectivity index (χ0v) is 13.0. The Labute approximate surface area is 121 Å². The highest BCUT2D eigenvalue weighted by atomic mass is 32.2. The van der Waals surface area contributed by atoms with Crippen LogP contribution in [0.1, 0.15) is 38.2 Å². The summed E-state index contributed by atoms with van der Waals surface area (Å²) in [6.07, 6.45) is 1.24. The highest BCUT2D eigenvalue weighted by molar-refractivity contribution is 7.91. The van der Waals surface area contributed by atoms with E-state index in [2.05, 4.69) is 5.32 Å². The van der Waals surface area contributed by atoms with Crippen molar-refractivity contribution < 1.29 is 12.8 Å². The fourth-order valence-corrected chi connectivity index (χ4v) is 3.08. The maximum absolute atomic E-state index is 13.8. The third-order valence-corrected chi connectivity index (χ3v) is 5.22. The van der Waals surface area contributed by atoms with Gasteiger partial charge in [0, 0.05) is 12.3 Å². The largest absolute Gasteiger partial charge is 0.316 e. The van der Waals surface area contributed by atoms with Crippen molar-refractivity contribution in [1.29, 1.82) is 0 Å². The fraction of sp³-hybridized carbons (Fsp3) is 0.600. The van der Waals surface area contributed by atoms with Gasteiger partial charge in [-0.15, -0.1) is 0 Å². The topological polar surface area (TPSA) is 46.2 Å². The second-order valence-electron chi connectivity index (χ2n) is 4.90. The maximum Gasteiger partial charge on any atom is 0.150 e. The molecule has 0 bridgehead atoms. The Morgan fingerprint density at radius 1 is 1.25 bits per heavy atom. The standard InChI is InChI=1S/C15H24FNO2S/c1-3-17-12-13(8-7-11-20(18,19)4-2)14-9-5-6-10-15(14)16/h5-6,9-10,13,17H,3-4,7-8,11-12H2,1-2H3. The zero-order valence-electron chi connectivity index (χ0n) is 12.2. The van der Waals surface area contributed by atoms with Gasteiger partial charge in [0.2, 0.25) is 0 Å². The van der Waals surface area contributed by atoms with E-state index < -0.39 is 9.84 Å². The van der Waals surface area contributed by atoms with Crippen LogP contribution in [0, 0.1) is 5.82 Å². The Hall–Kier alpha value is -0.940. The molecule has 1 rings (SSSR count). The first-order valence-corrected chi connectivity index (χ1v) is 8.97. The molecule has 0 amide bonds. The normalized spacial score (nSPS) is 13.3. The predicted octanol–water partition coefficient (Wildman–Crippen LogP) is 2.73. The molecule has 20 heavy (non-hydrogen) atoms. The van der Waals surface area contributed by atoms with Crippen LogP contribution in [0.15, 0.2) is 24.3 Å². The SMILES string of the molecule is CCNCC(CCCS(=O)(=O)CC)c1ccccc1F. The molecular formula is C15H24FNO2S. The molecular weight excluding hydrogens is 277 g/mol. The summed E-state index contributed by atoms with van der Waals surface area (Å²) in [7, 11) is -2.94. The van der Waals surface area contributed by atoms with Crippen LogP contribution < -0.4 is 5.32 Å². The average molecular weight is 301 g/mol. The van der Waals surface area contributed by atoms with E-state index in [9.17, 15) is 12.8 Å². The smallest absolute Gasteiger partial charge is 0.150 e. The van der Waals surface area contributed by atoms with Crippen molar-refractivity contribution in [2.24, 2.45) is 0 Å². The molecule has 1 aromatic rings. The third-order valence-electron chi connectivity index (χ3n) is 3.43. The second kappa shape index (κ2) is 8.37. The first-order chi connectivity index (χ1) is 9.50. The molecule has 1 N–H and O–H groups in total. The second-order valence-corrected chi connectivity index (χ2v) is 7.38. The Morgan fingerprint density at radius 3 is 2.55 bits per heavy atom. The maximum atomic E-state index is 13.8. The lowest BCUT2D eigenvalue weighted by Crippen LogP contribution is -2.22. The van der Waals surface area contributed by atoms with Crippen LogP contribution >= 0.6 is 0 Å². The molecule has 1 atom stereocenters. The number of nitrogens with one attached hydrogen (secondary N) is 1. The van der Waals surface area contributed by atoms with Gasteiger partial charge in [0.05, 0.1) is 5.75 Å². The minimum absolute atomic E-state index is 0.0169. The third kappa shape index (κ3) is 5.59.